The largest absolute Gasteiger partial charge is 0.366 e. The van der Waals surface area contributed by atoms with Crippen molar-refractivity contribution in [1.82, 2.24) is 4.90 Å². The summed E-state index contributed by atoms with van der Waals surface area (Å²) in [4.78, 5) is 14.6. The second-order valence-corrected chi connectivity index (χ2v) is 10.4. The van der Waals surface area contributed by atoms with Crippen molar-refractivity contribution in [2.45, 2.75) is 89.6 Å². The van der Waals surface area contributed by atoms with Gasteiger partial charge in [-0.3, -0.25) is 9.69 Å². The first kappa shape index (κ1) is 24.7. The molecule has 34 heavy (non-hydrogen) atoms. The van der Waals surface area contributed by atoms with E-state index in [9.17, 15) is 4.79 Å². The van der Waals surface area contributed by atoms with Gasteiger partial charge in [0, 0.05) is 18.2 Å². The highest BCUT2D eigenvalue weighted by Crippen LogP contribution is 2.35. The van der Waals surface area contributed by atoms with Gasteiger partial charge in [0.2, 0.25) is 5.91 Å². The Labute approximate surface area is 206 Å². The predicted octanol–water partition coefficient (Wildman–Crippen LogP) is 7.36. The van der Waals surface area contributed by atoms with Gasteiger partial charge in [0.05, 0.1) is 0 Å². The number of amides is 1. The molecule has 2 bridgehead atoms. The summed E-state index contributed by atoms with van der Waals surface area (Å²) in [7, 11) is 0. The Morgan fingerprint density at radius 1 is 0.824 bits per heavy atom. The predicted molar refractivity (Wildman–Crippen MR) is 142 cm³/mol. The molecule has 3 nitrogen and oxygen atoms in total. The van der Waals surface area contributed by atoms with E-state index in [0.717, 1.165) is 25.4 Å². The van der Waals surface area contributed by atoms with E-state index in [2.05, 4.69) is 47.4 Å². The van der Waals surface area contributed by atoms with Gasteiger partial charge in [-0.2, -0.15) is 0 Å². The van der Waals surface area contributed by atoms with E-state index in [1.807, 2.05) is 18.2 Å². The van der Waals surface area contributed by atoms with Crippen LogP contribution in [0.5, 0.6) is 0 Å². The van der Waals surface area contributed by atoms with Crippen LogP contribution in [-0.4, -0.2) is 23.4 Å². The number of nitrogens with two attached hydrogens (primary N) is 1. The van der Waals surface area contributed by atoms with Crippen LogP contribution in [0.2, 0.25) is 0 Å². The normalized spacial score (nSPS) is 23.4. The number of nitrogens with zero attached hydrogens (tertiary/aromatic N) is 1. The third kappa shape index (κ3) is 7.30. The molecule has 1 aliphatic heterocycles. The molecule has 0 radical (unpaired) electrons. The SMILES string of the molecule is NC(=O)c1cccc(C2=CC3CCC(CCCCCCCCCCN3Cc3ccccc3)C2)c1. The summed E-state index contributed by atoms with van der Waals surface area (Å²) < 4.78 is 0. The van der Waals surface area contributed by atoms with Crippen LogP contribution in [0, 0.1) is 5.92 Å². The van der Waals surface area contributed by atoms with Crippen molar-refractivity contribution < 1.29 is 4.79 Å². The van der Waals surface area contributed by atoms with E-state index in [1.54, 1.807) is 0 Å². The van der Waals surface area contributed by atoms with Crippen LogP contribution in [0.25, 0.3) is 5.57 Å². The Hall–Kier alpha value is -2.39. The van der Waals surface area contributed by atoms with Crippen LogP contribution >= 0.6 is 0 Å². The van der Waals surface area contributed by atoms with Crippen LogP contribution in [0.3, 0.4) is 0 Å². The minimum absolute atomic E-state index is 0.343. The summed E-state index contributed by atoms with van der Waals surface area (Å²) in [6, 6.07) is 19.4. The minimum Gasteiger partial charge on any atom is -0.366 e. The Morgan fingerprint density at radius 2 is 1.56 bits per heavy atom. The molecule has 182 valence electrons. The highest BCUT2D eigenvalue weighted by molar-refractivity contribution is 5.93. The van der Waals surface area contributed by atoms with Crippen molar-refractivity contribution in [3.8, 4) is 0 Å². The van der Waals surface area contributed by atoms with Crippen molar-refractivity contribution in [2.24, 2.45) is 11.7 Å². The van der Waals surface area contributed by atoms with Crippen molar-refractivity contribution in [3.63, 3.8) is 0 Å². The van der Waals surface area contributed by atoms with E-state index in [4.69, 9.17) is 5.73 Å². The molecule has 2 aromatic carbocycles. The third-order valence-electron chi connectivity index (χ3n) is 7.80. The molecular formula is C31H42N2O. The van der Waals surface area contributed by atoms with Crippen molar-refractivity contribution in [3.05, 3.63) is 77.4 Å². The van der Waals surface area contributed by atoms with Crippen molar-refractivity contribution in [2.75, 3.05) is 6.54 Å². The fourth-order valence-electron chi connectivity index (χ4n) is 5.81. The number of primary amides is 1. The number of fused-ring (bicyclic) bond motifs is 3. The van der Waals surface area contributed by atoms with Crippen molar-refractivity contribution >= 4 is 11.5 Å². The molecule has 2 aliphatic rings. The number of carbonyl (C=O) groups excluding carboxylic acids is 1. The van der Waals surface area contributed by atoms with Crippen LogP contribution in [0.15, 0.2) is 60.7 Å². The van der Waals surface area contributed by atoms with Crippen LogP contribution in [-0.2, 0) is 6.54 Å². The average molecular weight is 459 g/mol. The van der Waals surface area contributed by atoms with Gasteiger partial charge in [0.25, 0.3) is 0 Å². The maximum absolute atomic E-state index is 11.9. The highest BCUT2D eigenvalue weighted by atomic mass is 16.1. The summed E-state index contributed by atoms with van der Waals surface area (Å²) in [6.45, 7) is 2.15. The molecule has 2 unspecified atom stereocenters. The van der Waals surface area contributed by atoms with Gasteiger partial charge in [-0.15, -0.1) is 0 Å². The fourth-order valence-corrected chi connectivity index (χ4v) is 5.81. The lowest BCUT2D eigenvalue weighted by atomic mass is 9.89. The maximum atomic E-state index is 11.9. The summed E-state index contributed by atoms with van der Waals surface area (Å²) in [5.74, 6) is 0.376. The van der Waals surface area contributed by atoms with Gasteiger partial charge in [-0.1, -0.05) is 99.9 Å². The lowest BCUT2D eigenvalue weighted by Crippen LogP contribution is -2.34. The molecule has 0 saturated carbocycles. The van der Waals surface area contributed by atoms with E-state index < -0.39 is 0 Å². The topological polar surface area (TPSA) is 46.3 Å². The molecule has 1 heterocycles. The first-order valence-corrected chi connectivity index (χ1v) is 13.6. The number of rotatable bonds is 4. The van der Waals surface area contributed by atoms with Gasteiger partial charge in [-0.25, -0.2) is 0 Å². The van der Waals surface area contributed by atoms with Crippen LogP contribution in [0.4, 0.5) is 0 Å². The zero-order chi connectivity index (χ0) is 23.6. The second-order valence-electron chi connectivity index (χ2n) is 10.4. The zero-order valence-corrected chi connectivity index (χ0v) is 20.8. The molecule has 0 aromatic heterocycles. The standard InChI is InChI=1S/C31H42N2O/c32-31(34)28-17-12-16-27(22-28)29-21-25-13-8-5-3-1-2-4-6-11-20-33(30(23-29)19-18-25)24-26-14-9-7-10-15-26/h7,9-10,12,14-17,22-23,25,30H,1-6,8,11,13,18-21,24H2,(H2,32,34). The van der Waals surface area contributed by atoms with E-state index in [0.29, 0.717) is 11.6 Å². The molecule has 3 heteroatoms. The van der Waals surface area contributed by atoms with E-state index >= 15 is 0 Å². The maximum Gasteiger partial charge on any atom is 0.248 e. The lowest BCUT2D eigenvalue weighted by molar-refractivity contribution is 0.1000. The summed E-state index contributed by atoms with van der Waals surface area (Å²) in [5, 5.41) is 0. The molecule has 2 aromatic rings. The highest BCUT2D eigenvalue weighted by Gasteiger charge is 2.25. The molecule has 4 rings (SSSR count). The lowest BCUT2D eigenvalue weighted by Gasteiger charge is -2.30. The van der Waals surface area contributed by atoms with Crippen LogP contribution in [0.1, 0.15) is 98.5 Å². The van der Waals surface area contributed by atoms with Gasteiger partial charge in [0.15, 0.2) is 0 Å². The molecule has 1 amide bonds. The zero-order valence-electron chi connectivity index (χ0n) is 20.8. The monoisotopic (exact) mass is 458 g/mol. The summed E-state index contributed by atoms with van der Waals surface area (Å²) in [5.41, 5.74) is 10.2. The molecule has 1 fully saturated rings. The van der Waals surface area contributed by atoms with Crippen LogP contribution < -0.4 is 5.73 Å². The molecule has 0 spiro atoms. The minimum atomic E-state index is -0.343. The molecule has 2 atom stereocenters. The first-order chi connectivity index (χ1) is 16.7. The smallest absolute Gasteiger partial charge is 0.248 e. The second kappa shape index (κ2) is 12.9. The van der Waals surface area contributed by atoms with Crippen molar-refractivity contribution in [1.29, 1.82) is 0 Å². The Bertz CT molecular complexity index is 935. The Balaban J connectivity index is 1.64. The van der Waals surface area contributed by atoms with E-state index in [-0.39, 0.29) is 5.91 Å². The fraction of sp³-hybridized carbons (Fsp3) is 0.516. The number of carbonyl (C=O) groups is 1. The Kier molecular flexibility index (Phi) is 9.38. The molecule has 2 N–H and O–H groups in total. The van der Waals surface area contributed by atoms with Gasteiger partial charge in [0.1, 0.15) is 0 Å². The summed E-state index contributed by atoms with van der Waals surface area (Å²) in [6.07, 6.45) is 18.3. The average Bonchev–Trinajstić information content (AvgIpc) is 3.08. The first-order valence-electron chi connectivity index (χ1n) is 13.6. The quantitative estimate of drug-likeness (QED) is 0.520. The molecule has 1 saturated heterocycles. The number of hydrogen-bond donors (Lipinski definition) is 1. The van der Waals surface area contributed by atoms with Gasteiger partial charge in [-0.05, 0) is 67.0 Å². The number of allylic oxidation sites excluding steroid dienone is 1. The molecular weight excluding hydrogens is 416 g/mol. The van der Waals surface area contributed by atoms with Gasteiger partial charge < -0.3 is 5.73 Å². The third-order valence-corrected chi connectivity index (χ3v) is 7.80. The summed E-state index contributed by atoms with van der Waals surface area (Å²) >= 11 is 0. The van der Waals surface area contributed by atoms with E-state index in [1.165, 1.54) is 87.3 Å². The number of hydrogen-bond acceptors (Lipinski definition) is 2. The number of benzene rings is 2. The Morgan fingerprint density at radius 3 is 2.32 bits per heavy atom. The molecule has 1 aliphatic carbocycles. The van der Waals surface area contributed by atoms with Gasteiger partial charge >= 0.3 is 0 Å².